The third-order valence-electron chi connectivity index (χ3n) is 6.71. The van der Waals surface area contributed by atoms with Crippen LogP contribution < -0.4 is 21.3 Å². The van der Waals surface area contributed by atoms with Crippen LogP contribution in [-0.2, 0) is 9.59 Å². The van der Waals surface area contributed by atoms with E-state index in [-0.39, 0.29) is 12.5 Å². The van der Waals surface area contributed by atoms with Crippen LogP contribution in [0.2, 0.25) is 0 Å². The minimum Gasteiger partial charge on any atom is -0.368 e. The van der Waals surface area contributed by atoms with Crippen LogP contribution in [0.25, 0.3) is 11.4 Å². The molecule has 0 saturated heterocycles. The first-order valence-corrected chi connectivity index (χ1v) is 12.5. The van der Waals surface area contributed by atoms with Crippen molar-refractivity contribution in [1.29, 1.82) is 0 Å². The highest BCUT2D eigenvalue weighted by Gasteiger charge is 2.37. The second kappa shape index (κ2) is 10.7. The molecule has 1 aliphatic heterocycles. The van der Waals surface area contributed by atoms with Gasteiger partial charge in [-0.1, -0.05) is 54.1 Å². The van der Waals surface area contributed by atoms with Gasteiger partial charge < -0.3 is 21.3 Å². The topological polar surface area (TPSA) is 159 Å². The maximum absolute atomic E-state index is 13.8. The number of anilines is 2. The van der Waals surface area contributed by atoms with Crippen molar-refractivity contribution >= 4 is 29.2 Å². The fourth-order valence-electron chi connectivity index (χ4n) is 4.85. The van der Waals surface area contributed by atoms with Crippen molar-refractivity contribution in [2.24, 2.45) is 5.73 Å². The van der Waals surface area contributed by atoms with Crippen molar-refractivity contribution in [1.82, 2.24) is 25.9 Å². The average molecular weight is 525 g/mol. The molecule has 4 amide bonds. The molecule has 39 heavy (non-hydrogen) atoms. The third kappa shape index (κ3) is 5.61. The lowest BCUT2D eigenvalue weighted by Crippen LogP contribution is -2.51. The number of hydrogen-bond acceptors (Lipinski definition) is 6. The molecular formula is C28H28N8O3. The maximum atomic E-state index is 13.8. The van der Waals surface area contributed by atoms with Crippen molar-refractivity contribution < 1.29 is 14.4 Å². The van der Waals surface area contributed by atoms with Gasteiger partial charge in [-0.25, -0.2) is 4.79 Å². The van der Waals surface area contributed by atoms with E-state index in [0.717, 1.165) is 22.3 Å². The molecule has 3 aromatic carbocycles. The summed E-state index contributed by atoms with van der Waals surface area (Å²) < 4.78 is 0. The summed E-state index contributed by atoms with van der Waals surface area (Å²) in [4.78, 5) is 40.4. The molecule has 198 valence electrons. The van der Waals surface area contributed by atoms with Gasteiger partial charge in [0, 0.05) is 22.9 Å². The SMILES string of the molecule is Cc1ccc(C2CC(NC(=O)Nc3cccc(-c4nn[nH]n4)c3)C(=O)N(CC(N)=O)c3cc(C)ccc32)cc1. The maximum Gasteiger partial charge on any atom is 0.319 e. The molecule has 0 spiro atoms. The molecule has 11 heteroatoms. The first-order chi connectivity index (χ1) is 18.8. The van der Waals surface area contributed by atoms with E-state index >= 15 is 0 Å². The number of nitrogens with two attached hydrogens (primary N) is 1. The molecule has 0 saturated carbocycles. The Labute approximate surface area is 224 Å². The van der Waals surface area contributed by atoms with Gasteiger partial charge in [0.1, 0.15) is 12.6 Å². The predicted octanol–water partition coefficient (Wildman–Crippen LogP) is 3.03. The van der Waals surface area contributed by atoms with Gasteiger partial charge in [0.2, 0.25) is 17.6 Å². The summed E-state index contributed by atoms with van der Waals surface area (Å²) in [6.45, 7) is 3.63. The standard InChI is InChI=1S/C28H28N8O3/c1-16-6-9-18(10-7-16)22-14-23(27(38)36(15-25(29)37)24-12-17(2)8-11-21(22)24)31-28(39)30-20-5-3-4-19(13-20)26-32-34-35-33-26/h3-13,22-23H,14-15H2,1-2H3,(H2,29,37)(H2,30,31,39)(H,32,33,34,35). The van der Waals surface area contributed by atoms with Crippen molar-refractivity contribution in [3.8, 4) is 11.4 Å². The summed E-state index contributed by atoms with van der Waals surface area (Å²) in [5.74, 6) is -0.888. The molecule has 4 aromatic rings. The van der Waals surface area contributed by atoms with Crippen LogP contribution in [0.15, 0.2) is 66.7 Å². The molecule has 0 aliphatic carbocycles. The summed E-state index contributed by atoms with van der Waals surface area (Å²) in [6, 6.07) is 19.4. The molecule has 0 radical (unpaired) electrons. The number of fused-ring (bicyclic) bond motifs is 1. The van der Waals surface area contributed by atoms with Crippen LogP contribution in [0.5, 0.6) is 0 Å². The van der Waals surface area contributed by atoms with Gasteiger partial charge in [-0.2, -0.15) is 5.21 Å². The van der Waals surface area contributed by atoms with Gasteiger partial charge in [-0.05, 0) is 60.4 Å². The molecule has 0 fully saturated rings. The summed E-state index contributed by atoms with van der Waals surface area (Å²) in [5.41, 5.74) is 11.2. The number of carbonyl (C=O) groups excluding carboxylic acids is 3. The van der Waals surface area contributed by atoms with Gasteiger partial charge in [0.05, 0.1) is 0 Å². The minimum absolute atomic E-state index is 0.213. The van der Waals surface area contributed by atoms with Gasteiger partial charge in [-0.3, -0.25) is 9.59 Å². The smallest absolute Gasteiger partial charge is 0.319 e. The zero-order valence-corrected chi connectivity index (χ0v) is 21.5. The van der Waals surface area contributed by atoms with Crippen LogP contribution in [-0.4, -0.2) is 51.1 Å². The Balaban J connectivity index is 1.47. The zero-order chi connectivity index (χ0) is 27.5. The number of amides is 4. The molecule has 5 N–H and O–H groups in total. The van der Waals surface area contributed by atoms with E-state index in [9.17, 15) is 14.4 Å². The number of benzene rings is 3. The Morgan fingerprint density at radius 1 is 1.05 bits per heavy atom. The van der Waals surface area contributed by atoms with Gasteiger partial charge in [-0.15, -0.1) is 10.2 Å². The summed E-state index contributed by atoms with van der Waals surface area (Å²) in [5, 5.41) is 19.5. The van der Waals surface area contributed by atoms with Crippen LogP contribution in [0.1, 0.15) is 34.6 Å². The molecule has 2 atom stereocenters. The van der Waals surface area contributed by atoms with Crippen molar-refractivity contribution in [2.45, 2.75) is 32.2 Å². The zero-order valence-electron chi connectivity index (χ0n) is 21.5. The second-order valence-corrected chi connectivity index (χ2v) is 9.62. The lowest BCUT2D eigenvalue weighted by molar-refractivity contribution is -0.123. The monoisotopic (exact) mass is 524 g/mol. The highest BCUT2D eigenvalue weighted by Crippen LogP contribution is 2.39. The number of rotatable bonds is 6. The number of tetrazole rings is 1. The number of aryl methyl sites for hydroxylation is 2. The molecule has 0 bridgehead atoms. The Morgan fingerprint density at radius 2 is 1.82 bits per heavy atom. The number of urea groups is 1. The summed E-state index contributed by atoms with van der Waals surface area (Å²) in [7, 11) is 0. The van der Waals surface area contributed by atoms with E-state index in [0.29, 0.717) is 29.2 Å². The lowest BCUT2D eigenvalue weighted by Gasteiger charge is -2.25. The number of hydrogen-bond donors (Lipinski definition) is 4. The highest BCUT2D eigenvalue weighted by molar-refractivity contribution is 6.05. The first-order valence-electron chi connectivity index (χ1n) is 12.5. The quantitative estimate of drug-likeness (QED) is 0.303. The number of carbonyl (C=O) groups is 3. The Kier molecular flexibility index (Phi) is 7.04. The summed E-state index contributed by atoms with van der Waals surface area (Å²) in [6.07, 6.45) is 0.295. The van der Waals surface area contributed by atoms with E-state index < -0.39 is 23.9 Å². The minimum atomic E-state index is -0.927. The predicted molar refractivity (Wildman–Crippen MR) is 146 cm³/mol. The Morgan fingerprint density at radius 3 is 2.54 bits per heavy atom. The number of H-pyrrole nitrogens is 1. The third-order valence-corrected chi connectivity index (χ3v) is 6.71. The van der Waals surface area contributed by atoms with Crippen LogP contribution in [0.3, 0.4) is 0 Å². The second-order valence-electron chi connectivity index (χ2n) is 9.62. The molecule has 1 aromatic heterocycles. The van der Waals surface area contributed by atoms with E-state index in [1.54, 1.807) is 24.3 Å². The van der Waals surface area contributed by atoms with Crippen molar-refractivity contribution in [2.75, 3.05) is 16.8 Å². The molecular weight excluding hydrogens is 496 g/mol. The Hall–Kier alpha value is -5.06. The Bertz CT molecular complexity index is 1520. The van der Waals surface area contributed by atoms with Crippen molar-refractivity contribution in [3.05, 3.63) is 89.0 Å². The van der Waals surface area contributed by atoms with E-state index in [4.69, 9.17) is 5.73 Å². The van der Waals surface area contributed by atoms with Gasteiger partial charge >= 0.3 is 6.03 Å². The van der Waals surface area contributed by atoms with E-state index in [1.807, 2.05) is 56.3 Å². The number of aromatic nitrogens is 4. The summed E-state index contributed by atoms with van der Waals surface area (Å²) >= 11 is 0. The van der Waals surface area contributed by atoms with E-state index in [1.165, 1.54) is 4.90 Å². The molecule has 5 rings (SSSR count). The molecule has 2 heterocycles. The number of nitrogens with one attached hydrogen (secondary N) is 3. The van der Waals surface area contributed by atoms with Crippen LogP contribution >= 0.6 is 0 Å². The highest BCUT2D eigenvalue weighted by atomic mass is 16.2. The van der Waals surface area contributed by atoms with Crippen molar-refractivity contribution in [3.63, 3.8) is 0 Å². The average Bonchev–Trinajstić information content (AvgIpc) is 3.42. The number of nitrogens with zero attached hydrogens (tertiary/aromatic N) is 4. The largest absolute Gasteiger partial charge is 0.368 e. The number of aromatic amines is 1. The lowest BCUT2D eigenvalue weighted by atomic mass is 9.85. The molecule has 1 aliphatic rings. The number of primary amides is 1. The fraction of sp³-hybridized carbons (Fsp3) is 0.214. The van der Waals surface area contributed by atoms with Crippen LogP contribution in [0.4, 0.5) is 16.2 Å². The normalized spacial score (nSPS) is 16.8. The first kappa shape index (κ1) is 25.6. The van der Waals surface area contributed by atoms with E-state index in [2.05, 4.69) is 31.3 Å². The van der Waals surface area contributed by atoms with Gasteiger partial charge in [0.15, 0.2) is 0 Å². The van der Waals surface area contributed by atoms with Gasteiger partial charge in [0.25, 0.3) is 0 Å². The molecule has 2 unspecified atom stereocenters. The van der Waals surface area contributed by atoms with Crippen LogP contribution in [0, 0.1) is 13.8 Å². The fourth-order valence-corrected chi connectivity index (χ4v) is 4.85. The molecule has 11 nitrogen and oxygen atoms in total.